The van der Waals surface area contributed by atoms with Crippen molar-refractivity contribution in [2.24, 2.45) is 0 Å². The quantitative estimate of drug-likeness (QED) is 0.796. The molecule has 0 aliphatic heterocycles. The van der Waals surface area contributed by atoms with Crippen molar-refractivity contribution in [3.63, 3.8) is 0 Å². The minimum Gasteiger partial charge on any atom is -0.481 e. The van der Waals surface area contributed by atoms with Crippen LogP contribution in [0.15, 0.2) is 42.5 Å². The number of hydrogen-bond acceptors (Lipinski definition) is 1. The number of rotatable bonds is 6. The molecule has 3 heteroatoms. The maximum Gasteiger partial charge on any atom is 0.313 e. The molecule has 0 amide bonds. The van der Waals surface area contributed by atoms with Gasteiger partial charge in [-0.15, -0.1) is 0 Å². The van der Waals surface area contributed by atoms with Crippen molar-refractivity contribution in [3.8, 4) is 11.1 Å². The van der Waals surface area contributed by atoms with Crippen LogP contribution in [0.4, 0.5) is 4.39 Å². The van der Waals surface area contributed by atoms with Crippen LogP contribution in [0.25, 0.3) is 11.1 Å². The molecule has 0 saturated carbocycles. The minimum absolute atomic E-state index is 0.376. The normalized spacial score (nSPS) is 13.6. The summed E-state index contributed by atoms with van der Waals surface area (Å²) in [5.74, 6) is -1.29. The fraction of sp³-hybridized carbons (Fsp3) is 0.350. The monoisotopic (exact) mass is 314 g/mol. The van der Waals surface area contributed by atoms with Gasteiger partial charge < -0.3 is 5.11 Å². The van der Waals surface area contributed by atoms with Gasteiger partial charge in [0.2, 0.25) is 0 Å². The lowest BCUT2D eigenvalue weighted by Gasteiger charge is -2.28. The van der Waals surface area contributed by atoms with E-state index in [1.54, 1.807) is 19.1 Å². The van der Waals surface area contributed by atoms with Gasteiger partial charge in [-0.05, 0) is 42.5 Å². The van der Waals surface area contributed by atoms with Crippen LogP contribution in [-0.2, 0) is 16.6 Å². The molecule has 0 spiro atoms. The van der Waals surface area contributed by atoms with Crippen LogP contribution in [-0.4, -0.2) is 11.1 Å². The van der Waals surface area contributed by atoms with Crippen molar-refractivity contribution in [2.75, 3.05) is 0 Å². The molecular weight excluding hydrogens is 291 g/mol. The summed E-state index contributed by atoms with van der Waals surface area (Å²) >= 11 is 0. The van der Waals surface area contributed by atoms with Crippen molar-refractivity contribution < 1.29 is 14.3 Å². The fourth-order valence-electron chi connectivity index (χ4n) is 3.08. The summed E-state index contributed by atoms with van der Waals surface area (Å²) in [6.07, 6.45) is 2.03. The van der Waals surface area contributed by atoms with Gasteiger partial charge in [-0.25, -0.2) is 4.39 Å². The molecule has 122 valence electrons. The number of halogens is 1. The molecule has 1 N–H and O–H groups in total. The molecule has 0 aromatic heterocycles. The number of aryl methyl sites for hydroxylation is 1. The van der Waals surface area contributed by atoms with Crippen LogP contribution in [0.2, 0.25) is 0 Å². The highest BCUT2D eigenvalue weighted by atomic mass is 19.1. The molecule has 2 aromatic rings. The molecule has 0 saturated heterocycles. The van der Waals surface area contributed by atoms with E-state index in [4.69, 9.17) is 0 Å². The zero-order valence-electron chi connectivity index (χ0n) is 13.9. The summed E-state index contributed by atoms with van der Waals surface area (Å²) in [7, 11) is 0. The average molecular weight is 314 g/mol. The van der Waals surface area contributed by atoms with Crippen LogP contribution < -0.4 is 0 Å². The molecule has 0 bridgehead atoms. The van der Waals surface area contributed by atoms with Gasteiger partial charge in [0.1, 0.15) is 5.82 Å². The van der Waals surface area contributed by atoms with E-state index in [0.29, 0.717) is 24.0 Å². The van der Waals surface area contributed by atoms with Gasteiger partial charge in [0, 0.05) is 5.56 Å². The number of carboxylic acid groups (broad SMARTS) is 1. The van der Waals surface area contributed by atoms with E-state index < -0.39 is 11.4 Å². The van der Waals surface area contributed by atoms with E-state index in [-0.39, 0.29) is 5.82 Å². The smallest absolute Gasteiger partial charge is 0.313 e. The zero-order chi connectivity index (χ0) is 17.0. The summed E-state index contributed by atoms with van der Waals surface area (Å²) in [6.45, 7) is 5.67. The van der Waals surface area contributed by atoms with Crippen LogP contribution in [0.3, 0.4) is 0 Å². The largest absolute Gasteiger partial charge is 0.481 e. The third-order valence-electron chi connectivity index (χ3n) is 4.45. The van der Waals surface area contributed by atoms with Crippen LogP contribution in [0, 0.1) is 5.82 Å². The molecule has 0 aliphatic rings. The van der Waals surface area contributed by atoms with Gasteiger partial charge in [-0.2, -0.15) is 0 Å². The molecule has 2 nitrogen and oxygen atoms in total. The number of hydrogen-bond donors (Lipinski definition) is 1. The summed E-state index contributed by atoms with van der Waals surface area (Å²) in [5.41, 5.74) is 1.68. The molecule has 2 aromatic carbocycles. The molecule has 0 heterocycles. The molecule has 1 unspecified atom stereocenters. The first-order valence-corrected chi connectivity index (χ1v) is 8.05. The Morgan fingerprint density at radius 2 is 1.87 bits per heavy atom. The fourth-order valence-corrected chi connectivity index (χ4v) is 3.08. The predicted octanol–water partition coefficient (Wildman–Crippen LogP) is 5.20. The summed E-state index contributed by atoms with van der Waals surface area (Å²) in [6, 6.07) is 12.4. The molecule has 0 radical (unpaired) electrons. The molecule has 1 atom stereocenters. The van der Waals surface area contributed by atoms with Gasteiger partial charge in [0.15, 0.2) is 0 Å². The van der Waals surface area contributed by atoms with E-state index in [0.717, 1.165) is 17.5 Å². The van der Waals surface area contributed by atoms with Crippen molar-refractivity contribution in [3.05, 3.63) is 59.4 Å². The van der Waals surface area contributed by atoms with Crippen LogP contribution >= 0.6 is 0 Å². The minimum atomic E-state index is -1.10. The number of benzene rings is 2. The third-order valence-corrected chi connectivity index (χ3v) is 4.45. The third kappa shape index (κ3) is 3.29. The predicted molar refractivity (Wildman–Crippen MR) is 91.1 cm³/mol. The van der Waals surface area contributed by atoms with E-state index in [1.807, 2.05) is 38.1 Å². The van der Waals surface area contributed by atoms with E-state index in [2.05, 4.69) is 0 Å². The molecule has 0 aliphatic carbocycles. The van der Waals surface area contributed by atoms with Gasteiger partial charge in [-0.3, -0.25) is 4.79 Å². The van der Waals surface area contributed by atoms with E-state index in [1.165, 1.54) is 6.07 Å². The zero-order valence-corrected chi connectivity index (χ0v) is 13.9. The van der Waals surface area contributed by atoms with Gasteiger partial charge in [0.05, 0.1) is 5.41 Å². The Kier molecular flexibility index (Phi) is 5.19. The Hall–Kier alpha value is -2.16. The van der Waals surface area contributed by atoms with Crippen molar-refractivity contribution in [1.82, 2.24) is 0 Å². The number of carbonyl (C=O) groups is 1. The Morgan fingerprint density at radius 3 is 2.48 bits per heavy atom. The Morgan fingerprint density at radius 1 is 1.17 bits per heavy atom. The summed E-state index contributed by atoms with van der Waals surface area (Å²) in [5, 5.41) is 9.76. The lowest BCUT2D eigenvalue weighted by Crippen LogP contribution is -2.33. The molecule has 23 heavy (non-hydrogen) atoms. The van der Waals surface area contributed by atoms with Gasteiger partial charge >= 0.3 is 5.97 Å². The highest BCUT2D eigenvalue weighted by Gasteiger charge is 2.37. The van der Waals surface area contributed by atoms with E-state index >= 15 is 0 Å². The molecule has 0 fully saturated rings. The highest BCUT2D eigenvalue weighted by Crippen LogP contribution is 2.38. The van der Waals surface area contributed by atoms with E-state index in [9.17, 15) is 14.3 Å². The standard InChI is InChI=1S/C20H23FO2/c1-4-12-20(3,19(22)23)16-10-7-11-17(21)18(16)15-9-6-8-14(5-2)13-15/h6-11,13H,4-5,12H2,1-3H3,(H,22,23). The second-order valence-corrected chi connectivity index (χ2v) is 6.10. The second-order valence-electron chi connectivity index (χ2n) is 6.10. The number of carboxylic acids is 1. The topological polar surface area (TPSA) is 37.3 Å². The van der Waals surface area contributed by atoms with Gasteiger partial charge in [0.25, 0.3) is 0 Å². The van der Waals surface area contributed by atoms with Crippen molar-refractivity contribution >= 4 is 5.97 Å². The van der Waals surface area contributed by atoms with Crippen LogP contribution in [0.1, 0.15) is 44.7 Å². The maximum atomic E-state index is 14.6. The average Bonchev–Trinajstić information content (AvgIpc) is 2.54. The summed E-state index contributed by atoms with van der Waals surface area (Å²) in [4.78, 5) is 11.9. The Bertz CT molecular complexity index is 709. The first-order chi connectivity index (χ1) is 10.9. The van der Waals surface area contributed by atoms with Gasteiger partial charge in [-0.1, -0.05) is 56.7 Å². The molecular formula is C20H23FO2. The molecule has 2 rings (SSSR count). The van der Waals surface area contributed by atoms with Crippen molar-refractivity contribution in [1.29, 1.82) is 0 Å². The SMILES string of the molecule is CCCC(C)(C(=O)O)c1cccc(F)c1-c1cccc(CC)c1. The Balaban J connectivity index is 2.71. The second kappa shape index (κ2) is 6.95. The summed E-state index contributed by atoms with van der Waals surface area (Å²) < 4.78 is 14.6. The first kappa shape index (κ1) is 17.2. The highest BCUT2D eigenvalue weighted by molar-refractivity contribution is 5.85. The van der Waals surface area contributed by atoms with Crippen molar-refractivity contribution in [2.45, 2.75) is 45.4 Å². The number of aliphatic carboxylic acids is 1. The van der Waals surface area contributed by atoms with Crippen LogP contribution in [0.5, 0.6) is 0 Å². The maximum absolute atomic E-state index is 14.6. The Labute approximate surface area is 137 Å². The lowest BCUT2D eigenvalue weighted by molar-refractivity contribution is -0.143. The lowest BCUT2D eigenvalue weighted by atomic mass is 9.75. The first-order valence-electron chi connectivity index (χ1n) is 8.05.